The molecule has 2 nitrogen and oxygen atoms in total. The molecule has 1 aliphatic rings. The van der Waals surface area contributed by atoms with Gasteiger partial charge in [0.2, 0.25) is 0 Å². The molecule has 0 saturated heterocycles. The van der Waals surface area contributed by atoms with Crippen LogP contribution >= 0.6 is 0 Å². The van der Waals surface area contributed by atoms with Crippen molar-refractivity contribution in [2.75, 3.05) is 0 Å². The predicted octanol–water partition coefficient (Wildman–Crippen LogP) is 3.60. The summed E-state index contributed by atoms with van der Waals surface area (Å²) in [5, 5.41) is 0. The van der Waals surface area contributed by atoms with Gasteiger partial charge < -0.3 is 4.57 Å². The molecule has 0 N–H and O–H groups in total. The van der Waals surface area contributed by atoms with Crippen molar-refractivity contribution in [3.05, 3.63) is 17.7 Å². The van der Waals surface area contributed by atoms with Crippen molar-refractivity contribution >= 4 is 0 Å². The molecule has 1 aliphatic carbocycles. The van der Waals surface area contributed by atoms with Crippen LogP contribution in [0.4, 0.5) is 0 Å². The van der Waals surface area contributed by atoms with Gasteiger partial charge in [-0.05, 0) is 19.8 Å². The second kappa shape index (κ2) is 3.66. The van der Waals surface area contributed by atoms with Gasteiger partial charge in [-0.1, -0.05) is 33.6 Å². The van der Waals surface area contributed by atoms with Crippen LogP contribution in [-0.4, -0.2) is 9.55 Å². The van der Waals surface area contributed by atoms with Crippen LogP contribution in [0.3, 0.4) is 0 Å². The summed E-state index contributed by atoms with van der Waals surface area (Å²) in [6.07, 6.45) is 7.70. The van der Waals surface area contributed by atoms with Crippen LogP contribution in [0.5, 0.6) is 0 Å². The van der Waals surface area contributed by atoms with E-state index in [9.17, 15) is 0 Å². The van der Waals surface area contributed by atoms with E-state index in [1.807, 2.05) is 0 Å². The standard InChI is InChI=1S/C13H22N2/c1-10-14-12(13(2,3)4)9-15(10)11-7-5-6-8-11/h9,11H,5-8H2,1-4H3. The maximum atomic E-state index is 4.69. The highest BCUT2D eigenvalue weighted by Gasteiger charge is 2.23. The molecule has 1 aromatic rings. The molecule has 1 heterocycles. The highest BCUT2D eigenvalue weighted by molar-refractivity contribution is 5.13. The van der Waals surface area contributed by atoms with Crippen LogP contribution in [0.15, 0.2) is 6.20 Å². The first kappa shape index (κ1) is 10.7. The van der Waals surface area contributed by atoms with Gasteiger partial charge in [0.15, 0.2) is 0 Å². The van der Waals surface area contributed by atoms with Crippen molar-refractivity contribution < 1.29 is 0 Å². The van der Waals surface area contributed by atoms with Gasteiger partial charge in [0.25, 0.3) is 0 Å². The molecule has 1 aromatic heterocycles. The molecule has 1 saturated carbocycles. The Morgan fingerprint density at radius 1 is 1.27 bits per heavy atom. The summed E-state index contributed by atoms with van der Waals surface area (Å²) in [6, 6.07) is 0.716. The summed E-state index contributed by atoms with van der Waals surface area (Å²) < 4.78 is 2.40. The Labute approximate surface area is 92.7 Å². The number of hydrogen-bond donors (Lipinski definition) is 0. The minimum absolute atomic E-state index is 0.175. The van der Waals surface area contributed by atoms with Crippen molar-refractivity contribution in [1.82, 2.24) is 9.55 Å². The third kappa shape index (κ3) is 2.09. The molecule has 0 spiro atoms. The Morgan fingerprint density at radius 3 is 2.33 bits per heavy atom. The zero-order chi connectivity index (χ0) is 11.1. The van der Waals surface area contributed by atoms with Crippen LogP contribution in [0.25, 0.3) is 0 Å². The smallest absolute Gasteiger partial charge is 0.106 e. The van der Waals surface area contributed by atoms with Crippen LogP contribution in [0.2, 0.25) is 0 Å². The number of aromatic nitrogens is 2. The van der Waals surface area contributed by atoms with Gasteiger partial charge in [-0.25, -0.2) is 4.98 Å². The third-order valence-electron chi connectivity index (χ3n) is 3.40. The topological polar surface area (TPSA) is 17.8 Å². The van der Waals surface area contributed by atoms with Crippen LogP contribution in [0.1, 0.15) is 64.0 Å². The van der Waals surface area contributed by atoms with Crippen molar-refractivity contribution in [3.8, 4) is 0 Å². The molecule has 2 heteroatoms. The van der Waals surface area contributed by atoms with E-state index in [0.717, 1.165) is 0 Å². The van der Waals surface area contributed by atoms with Gasteiger partial charge in [0, 0.05) is 17.7 Å². The third-order valence-corrected chi connectivity index (χ3v) is 3.40. The largest absolute Gasteiger partial charge is 0.332 e. The van der Waals surface area contributed by atoms with Gasteiger partial charge in [0.05, 0.1) is 5.69 Å². The number of nitrogens with zero attached hydrogens (tertiary/aromatic N) is 2. The molecule has 0 amide bonds. The Bertz CT molecular complexity index is 338. The predicted molar refractivity (Wildman–Crippen MR) is 63.2 cm³/mol. The molecule has 0 unspecified atom stereocenters. The van der Waals surface area contributed by atoms with E-state index in [0.29, 0.717) is 6.04 Å². The molecule has 0 radical (unpaired) electrons. The summed E-state index contributed by atoms with van der Waals surface area (Å²) in [5.41, 5.74) is 1.40. The summed E-state index contributed by atoms with van der Waals surface area (Å²) in [7, 11) is 0. The van der Waals surface area contributed by atoms with Crippen LogP contribution < -0.4 is 0 Å². The van der Waals surface area contributed by atoms with E-state index in [1.54, 1.807) is 0 Å². The zero-order valence-electron chi connectivity index (χ0n) is 10.4. The Morgan fingerprint density at radius 2 is 1.87 bits per heavy atom. The van der Waals surface area contributed by atoms with Crippen molar-refractivity contribution in [3.63, 3.8) is 0 Å². The normalized spacial score (nSPS) is 18.7. The lowest BCUT2D eigenvalue weighted by atomic mass is 9.93. The maximum Gasteiger partial charge on any atom is 0.106 e. The molecule has 0 bridgehead atoms. The molecule has 84 valence electrons. The highest BCUT2D eigenvalue weighted by Crippen LogP contribution is 2.32. The lowest BCUT2D eigenvalue weighted by molar-refractivity contribution is 0.504. The van der Waals surface area contributed by atoms with Crippen molar-refractivity contribution in [2.45, 2.75) is 64.8 Å². The molecule has 0 aliphatic heterocycles. The van der Waals surface area contributed by atoms with E-state index >= 15 is 0 Å². The summed E-state index contributed by atoms with van der Waals surface area (Å²) in [4.78, 5) is 4.69. The van der Waals surface area contributed by atoms with E-state index < -0.39 is 0 Å². The maximum absolute atomic E-state index is 4.69. The number of imidazole rings is 1. The van der Waals surface area contributed by atoms with Crippen molar-refractivity contribution in [2.24, 2.45) is 0 Å². The average Bonchev–Trinajstić information content (AvgIpc) is 2.69. The molecular weight excluding hydrogens is 184 g/mol. The van der Waals surface area contributed by atoms with Gasteiger partial charge in [0.1, 0.15) is 5.82 Å². The van der Waals surface area contributed by atoms with Crippen LogP contribution in [-0.2, 0) is 5.41 Å². The number of aryl methyl sites for hydroxylation is 1. The lowest BCUT2D eigenvalue weighted by Crippen LogP contribution is -2.11. The van der Waals surface area contributed by atoms with E-state index in [2.05, 4.69) is 43.4 Å². The minimum Gasteiger partial charge on any atom is -0.332 e. The quantitative estimate of drug-likeness (QED) is 0.686. The van der Waals surface area contributed by atoms with Crippen LogP contribution in [0, 0.1) is 6.92 Å². The summed E-state index contributed by atoms with van der Waals surface area (Å²) in [6.45, 7) is 8.82. The fraction of sp³-hybridized carbons (Fsp3) is 0.769. The molecule has 2 rings (SSSR count). The molecular formula is C13H22N2. The first-order valence-electron chi connectivity index (χ1n) is 6.04. The fourth-order valence-corrected chi connectivity index (χ4v) is 2.40. The summed E-state index contributed by atoms with van der Waals surface area (Å²) in [5.74, 6) is 1.19. The van der Waals surface area contributed by atoms with E-state index in [4.69, 9.17) is 0 Å². The second-order valence-electron chi connectivity index (χ2n) is 5.77. The molecule has 0 aromatic carbocycles. The van der Waals surface area contributed by atoms with Gasteiger partial charge in [-0.3, -0.25) is 0 Å². The monoisotopic (exact) mass is 206 g/mol. The Balaban J connectivity index is 2.29. The zero-order valence-corrected chi connectivity index (χ0v) is 10.4. The first-order valence-corrected chi connectivity index (χ1v) is 6.04. The lowest BCUT2D eigenvalue weighted by Gasteiger charge is -2.15. The first-order chi connectivity index (χ1) is 6.98. The highest BCUT2D eigenvalue weighted by atomic mass is 15.1. The van der Waals surface area contributed by atoms with Gasteiger partial charge in [-0.15, -0.1) is 0 Å². The minimum atomic E-state index is 0.175. The Kier molecular flexibility index (Phi) is 2.61. The fourth-order valence-electron chi connectivity index (χ4n) is 2.40. The number of hydrogen-bond acceptors (Lipinski definition) is 1. The van der Waals surface area contributed by atoms with E-state index in [1.165, 1.54) is 37.2 Å². The molecule has 0 atom stereocenters. The number of rotatable bonds is 1. The molecule has 1 fully saturated rings. The van der Waals surface area contributed by atoms with E-state index in [-0.39, 0.29) is 5.41 Å². The SMILES string of the molecule is Cc1nc(C(C)(C)C)cn1C1CCCC1. The van der Waals surface area contributed by atoms with Gasteiger partial charge in [-0.2, -0.15) is 0 Å². The van der Waals surface area contributed by atoms with Crippen molar-refractivity contribution in [1.29, 1.82) is 0 Å². The second-order valence-corrected chi connectivity index (χ2v) is 5.77. The molecule has 15 heavy (non-hydrogen) atoms. The average molecular weight is 206 g/mol. The Hall–Kier alpha value is -0.790. The summed E-state index contributed by atoms with van der Waals surface area (Å²) >= 11 is 0. The van der Waals surface area contributed by atoms with Gasteiger partial charge >= 0.3 is 0 Å².